The van der Waals surface area contributed by atoms with Gasteiger partial charge in [0.05, 0.1) is 13.2 Å². The predicted molar refractivity (Wildman–Crippen MR) is 82.0 cm³/mol. The van der Waals surface area contributed by atoms with Crippen molar-refractivity contribution in [1.82, 2.24) is 4.90 Å². The molecule has 0 bridgehead atoms. The van der Waals surface area contributed by atoms with Crippen LogP contribution < -0.4 is 0 Å². The molecule has 0 N–H and O–H groups in total. The van der Waals surface area contributed by atoms with Gasteiger partial charge in [-0.2, -0.15) is 0 Å². The fraction of sp³-hybridized carbons (Fsp3) is 0.611. The molecule has 0 unspecified atom stereocenters. The van der Waals surface area contributed by atoms with E-state index in [-0.39, 0.29) is 11.2 Å². The molecule has 118 valence electrons. The number of carbonyl (C=O) groups excluding carboxylic acids is 1. The summed E-state index contributed by atoms with van der Waals surface area (Å²) in [5, 5.41) is 0. The number of carbonyl (C=O) groups is 1. The Morgan fingerprint density at radius 1 is 1.00 bits per heavy atom. The minimum Gasteiger partial charge on any atom is -0.348 e. The summed E-state index contributed by atoms with van der Waals surface area (Å²) in [4.78, 5) is 14.5. The first-order valence-electron chi connectivity index (χ1n) is 8.28. The summed E-state index contributed by atoms with van der Waals surface area (Å²) in [6.45, 7) is 3.05. The molecular formula is C18H23NO3. The van der Waals surface area contributed by atoms with Crippen molar-refractivity contribution in [2.75, 3.05) is 19.8 Å². The zero-order chi connectivity index (χ0) is 15.0. The summed E-state index contributed by atoms with van der Waals surface area (Å²) in [5.74, 6) is -0.0331. The average Bonchev–Trinajstić information content (AvgIpc) is 3.11. The molecule has 0 atom stereocenters. The lowest BCUT2D eigenvalue weighted by molar-refractivity contribution is -0.190. The number of amides is 1. The number of ether oxygens (including phenoxy) is 2. The molecule has 2 saturated heterocycles. The van der Waals surface area contributed by atoms with Crippen LogP contribution in [0.15, 0.2) is 30.3 Å². The minimum atomic E-state index is -0.332. The topological polar surface area (TPSA) is 38.8 Å². The van der Waals surface area contributed by atoms with Crippen molar-refractivity contribution in [3.63, 3.8) is 0 Å². The van der Waals surface area contributed by atoms with Crippen LogP contribution in [-0.4, -0.2) is 36.4 Å². The molecule has 22 heavy (non-hydrogen) atoms. The van der Waals surface area contributed by atoms with Crippen molar-refractivity contribution < 1.29 is 14.3 Å². The summed E-state index contributed by atoms with van der Waals surface area (Å²) < 4.78 is 11.6. The highest BCUT2D eigenvalue weighted by Gasteiger charge is 2.50. The summed E-state index contributed by atoms with van der Waals surface area (Å²) >= 11 is 0. The maximum Gasteiger partial charge on any atom is 0.223 e. The number of rotatable bonds is 2. The first kappa shape index (κ1) is 14.2. The highest BCUT2D eigenvalue weighted by atomic mass is 16.7. The molecule has 1 aromatic rings. The van der Waals surface area contributed by atoms with Crippen LogP contribution in [0.2, 0.25) is 0 Å². The Kier molecular flexibility index (Phi) is 3.46. The molecule has 2 heterocycles. The second kappa shape index (κ2) is 5.36. The van der Waals surface area contributed by atoms with E-state index in [1.807, 2.05) is 23.1 Å². The molecule has 2 spiro atoms. The van der Waals surface area contributed by atoms with Gasteiger partial charge in [0.15, 0.2) is 5.79 Å². The molecule has 1 aromatic carbocycles. The predicted octanol–water partition coefficient (Wildman–Crippen LogP) is 2.72. The standard InChI is InChI=1S/C18H23NO3/c20-16-12-17(6-8-18(9-7-17)21-10-11-22-18)14-19(16)13-15-4-2-1-3-5-15/h1-5H,6-14H2. The van der Waals surface area contributed by atoms with E-state index in [0.717, 1.165) is 38.8 Å². The summed E-state index contributed by atoms with van der Waals surface area (Å²) in [6, 6.07) is 10.3. The maximum atomic E-state index is 12.4. The molecule has 3 fully saturated rings. The van der Waals surface area contributed by atoms with Crippen LogP contribution in [0.25, 0.3) is 0 Å². The van der Waals surface area contributed by atoms with Gasteiger partial charge in [-0.3, -0.25) is 4.79 Å². The van der Waals surface area contributed by atoms with Crippen molar-refractivity contribution in [3.8, 4) is 0 Å². The van der Waals surface area contributed by atoms with E-state index in [9.17, 15) is 4.79 Å². The lowest BCUT2D eigenvalue weighted by atomic mass is 9.71. The van der Waals surface area contributed by atoms with E-state index >= 15 is 0 Å². The van der Waals surface area contributed by atoms with E-state index in [0.29, 0.717) is 25.5 Å². The van der Waals surface area contributed by atoms with E-state index in [1.54, 1.807) is 0 Å². The largest absolute Gasteiger partial charge is 0.348 e. The van der Waals surface area contributed by atoms with Crippen LogP contribution in [0.4, 0.5) is 0 Å². The number of nitrogens with zero attached hydrogens (tertiary/aromatic N) is 1. The van der Waals surface area contributed by atoms with Gasteiger partial charge in [0.2, 0.25) is 5.91 Å². The van der Waals surface area contributed by atoms with E-state index < -0.39 is 0 Å². The lowest BCUT2D eigenvalue weighted by Gasteiger charge is -2.41. The molecule has 4 heteroatoms. The van der Waals surface area contributed by atoms with Gasteiger partial charge in [-0.25, -0.2) is 0 Å². The molecule has 4 nitrogen and oxygen atoms in total. The molecule has 2 aliphatic heterocycles. The minimum absolute atomic E-state index is 0.145. The number of likely N-dealkylation sites (tertiary alicyclic amines) is 1. The molecule has 4 rings (SSSR count). The monoisotopic (exact) mass is 301 g/mol. The zero-order valence-electron chi connectivity index (χ0n) is 12.9. The van der Waals surface area contributed by atoms with Crippen molar-refractivity contribution in [2.24, 2.45) is 5.41 Å². The van der Waals surface area contributed by atoms with Gasteiger partial charge in [0, 0.05) is 32.4 Å². The first-order chi connectivity index (χ1) is 10.7. The van der Waals surface area contributed by atoms with E-state index in [2.05, 4.69) is 12.1 Å². The molecule has 0 aromatic heterocycles. The van der Waals surface area contributed by atoms with Crippen LogP contribution in [-0.2, 0) is 20.8 Å². The van der Waals surface area contributed by atoms with E-state index in [4.69, 9.17) is 9.47 Å². The van der Waals surface area contributed by atoms with Crippen molar-refractivity contribution in [2.45, 2.75) is 44.4 Å². The van der Waals surface area contributed by atoms with Crippen molar-refractivity contribution >= 4 is 5.91 Å². The second-order valence-electron chi connectivity index (χ2n) is 7.02. The van der Waals surface area contributed by atoms with Crippen molar-refractivity contribution in [3.05, 3.63) is 35.9 Å². The van der Waals surface area contributed by atoms with Gasteiger partial charge in [-0.05, 0) is 23.8 Å². The third-order valence-corrected chi connectivity index (χ3v) is 5.51. The second-order valence-corrected chi connectivity index (χ2v) is 7.02. The van der Waals surface area contributed by atoms with Gasteiger partial charge in [-0.15, -0.1) is 0 Å². The Morgan fingerprint density at radius 2 is 1.68 bits per heavy atom. The van der Waals surface area contributed by atoms with Gasteiger partial charge in [0.1, 0.15) is 0 Å². The first-order valence-corrected chi connectivity index (χ1v) is 8.28. The smallest absolute Gasteiger partial charge is 0.223 e. The third-order valence-electron chi connectivity index (χ3n) is 5.51. The molecular weight excluding hydrogens is 278 g/mol. The Hall–Kier alpha value is -1.39. The van der Waals surface area contributed by atoms with Gasteiger partial charge in [0.25, 0.3) is 0 Å². The molecule has 1 saturated carbocycles. The quantitative estimate of drug-likeness (QED) is 0.843. The molecule has 1 amide bonds. The summed E-state index contributed by atoms with van der Waals surface area (Å²) in [5.41, 5.74) is 1.36. The third kappa shape index (κ3) is 2.55. The van der Waals surface area contributed by atoms with Gasteiger partial charge in [-0.1, -0.05) is 30.3 Å². The van der Waals surface area contributed by atoms with Gasteiger partial charge >= 0.3 is 0 Å². The zero-order valence-corrected chi connectivity index (χ0v) is 12.9. The summed E-state index contributed by atoms with van der Waals surface area (Å²) in [7, 11) is 0. The van der Waals surface area contributed by atoms with Crippen LogP contribution in [0, 0.1) is 5.41 Å². The fourth-order valence-electron chi connectivity index (χ4n) is 4.21. The Labute approximate surface area is 131 Å². The summed E-state index contributed by atoms with van der Waals surface area (Å²) in [6.07, 6.45) is 4.61. The van der Waals surface area contributed by atoms with Gasteiger partial charge < -0.3 is 14.4 Å². The average molecular weight is 301 g/mol. The molecule has 1 aliphatic carbocycles. The Balaban J connectivity index is 1.42. The van der Waals surface area contributed by atoms with Crippen LogP contribution >= 0.6 is 0 Å². The van der Waals surface area contributed by atoms with E-state index in [1.165, 1.54) is 5.56 Å². The Bertz CT molecular complexity index is 541. The SMILES string of the molecule is O=C1CC2(CCC3(CC2)OCCO3)CN1Cc1ccccc1. The number of benzene rings is 1. The highest BCUT2D eigenvalue weighted by Crippen LogP contribution is 2.49. The highest BCUT2D eigenvalue weighted by molar-refractivity contribution is 5.79. The molecule has 0 radical (unpaired) electrons. The Morgan fingerprint density at radius 3 is 2.36 bits per heavy atom. The normalized spacial score (nSPS) is 26.2. The van der Waals surface area contributed by atoms with Crippen molar-refractivity contribution in [1.29, 1.82) is 0 Å². The fourth-order valence-corrected chi connectivity index (χ4v) is 4.21. The lowest BCUT2D eigenvalue weighted by Crippen LogP contribution is -2.41. The van der Waals surface area contributed by atoms with Crippen LogP contribution in [0.1, 0.15) is 37.7 Å². The number of hydrogen-bond acceptors (Lipinski definition) is 3. The maximum absolute atomic E-state index is 12.4. The van der Waals surface area contributed by atoms with Crippen LogP contribution in [0.3, 0.4) is 0 Å². The number of hydrogen-bond donors (Lipinski definition) is 0. The molecule has 3 aliphatic rings. The van der Waals surface area contributed by atoms with Crippen LogP contribution in [0.5, 0.6) is 0 Å².